The predicted molar refractivity (Wildman–Crippen MR) is 76.5 cm³/mol. The van der Waals surface area contributed by atoms with Gasteiger partial charge < -0.3 is 10.6 Å². The van der Waals surface area contributed by atoms with Crippen LogP contribution in [0, 0.1) is 11.8 Å². The molecule has 1 aliphatic carbocycles. The van der Waals surface area contributed by atoms with Crippen LogP contribution < -0.4 is 10.6 Å². The molecule has 18 heavy (non-hydrogen) atoms. The van der Waals surface area contributed by atoms with Crippen molar-refractivity contribution in [3.05, 3.63) is 0 Å². The minimum Gasteiger partial charge on any atom is -0.353 e. The first-order valence-corrected chi connectivity index (χ1v) is 7.55. The van der Waals surface area contributed by atoms with E-state index in [-0.39, 0.29) is 5.91 Å². The summed E-state index contributed by atoms with van der Waals surface area (Å²) in [4.78, 5) is 11.7. The molecule has 1 fully saturated rings. The van der Waals surface area contributed by atoms with Crippen LogP contribution in [0.25, 0.3) is 0 Å². The van der Waals surface area contributed by atoms with Crippen LogP contribution >= 0.6 is 0 Å². The number of hydrogen-bond acceptors (Lipinski definition) is 2. The van der Waals surface area contributed by atoms with E-state index < -0.39 is 0 Å². The van der Waals surface area contributed by atoms with Crippen LogP contribution in [0.15, 0.2) is 0 Å². The molecule has 0 aromatic rings. The van der Waals surface area contributed by atoms with Crippen molar-refractivity contribution in [2.45, 2.75) is 71.9 Å². The van der Waals surface area contributed by atoms with Crippen LogP contribution in [0.3, 0.4) is 0 Å². The Hall–Kier alpha value is -0.570. The number of nitrogens with one attached hydrogen (secondary N) is 2. The van der Waals surface area contributed by atoms with E-state index in [1.165, 1.54) is 19.3 Å². The molecule has 3 heteroatoms. The van der Waals surface area contributed by atoms with Gasteiger partial charge in [0.1, 0.15) is 0 Å². The van der Waals surface area contributed by atoms with Gasteiger partial charge in [0.25, 0.3) is 0 Å². The number of carbonyl (C=O) groups excluding carboxylic acids is 1. The zero-order valence-corrected chi connectivity index (χ0v) is 12.5. The summed E-state index contributed by atoms with van der Waals surface area (Å²) in [6.07, 6.45) is 5.88. The fourth-order valence-corrected chi connectivity index (χ4v) is 2.80. The van der Waals surface area contributed by atoms with Crippen molar-refractivity contribution in [1.29, 1.82) is 0 Å². The number of hydrogen-bond donors (Lipinski definition) is 2. The molecule has 0 bridgehead atoms. The molecule has 0 heterocycles. The third-order valence-electron chi connectivity index (χ3n) is 4.28. The third-order valence-corrected chi connectivity index (χ3v) is 4.28. The van der Waals surface area contributed by atoms with Gasteiger partial charge >= 0.3 is 0 Å². The second-order valence-electron chi connectivity index (χ2n) is 6.10. The zero-order chi connectivity index (χ0) is 13.5. The van der Waals surface area contributed by atoms with E-state index in [4.69, 9.17) is 0 Å². The first kappa shape index (κ1) is 15.5. The maximum Gasteiger partial charge on any atom is 0.234 e. The highest BCUT2D eigenvalue weighted by Crippen LogP contribution is 2.29. The van der Waals surface area contributed by atoms with E-state index in [0.717, 1.165) is 24.7 Å². The molecule has 0 radical (unpaired) electrons. The third kappa shape index (κ3) is 5.38. The van der Waals surface area contributed by atoms with E-state index in [2.05, 4.69) is 38.3 Å². The average Bonchev–Trinajstić information content (AvgIpc) is 2.31. The summed E-state index contributed by atoms with van der Waals surface area (Å²) in [5.74, 6) is 1.75. The molecule has 3 nitrogen and oxygen atoms in total. The maximum atomic E-state index is 11.7. The van der Waals surface area contributed by atoms with Gasteiger partial charge in [0.05, 0.1) is 6.54 Å². The standard InChI is InChI=1S/C15H30N2O/c1-5-6-13(4)17-15(18)10-16-14-8-7-11(2)12(3)9-14/h11-14,16H,5-10H2,1-4H3,(H,17,18). The van der Waals surface area contributed by atoms with Crippen molar-refractivity contribution in [3.63, 3.8) is 0 Å². The number of carbonyl (C=O) groups is 1. The summed E-state index contributed by atoms with van der Waals surface area (Å²) in [6.45, 7) is 9.35. The maximum absolute atomic E-state index is 11.7. The van der Waals surface area contributed by atoms with E-state index in [1.54, 1.807) is 0 Å². The number of amides is 1. The van der Waals surface area contributed by atoms with E-state index in [1.807, 2.05) is 0 Å². The molecule has 2 N–H and O–H groups in total. The lowest BCUT2D eigenvalue weighted by Gasteiger charge is -2.32. The molecule has 0 saturated heterocycles. The van der Waals surface area contributed by atoms with Crippen molar-refractivity contribution in [2.75, 3.05) is 6.54 Å². The Balaban J connectivity index is 2.18. The van der Waals surface area contributed by atoms with Crippen molar-refractivity contribution in [1.82, 2.24) is 10.6 Å². The molecule has 106 valence electrons. The fraction of sp³-hybridized carbons (Fsp3) is 0.933. The predicted octanol–water partition coefficient (Wildman–Crippen LogP) is 2.71. The van der Waals surface area contributed by atoms with Gasteiger partial charge in [-0.05, 0) is 44.4 Å². The lowest BCUT2D eigenvalue weighted by Crippen LogP contribution is -2.44. The Bertz CT molecular complexity index is 255. The Kier molecular flexibility index (Phi) is 6.69. The Morgan fingerprint density at radius 1 is 1.28 bits per heavy atom. The molecule has 1 rings (SSSR count). The Morgan fingerprint density at radius 3 is 2.61 bits per heavy atom. The van der Waals surface area contributed by atoms with Crippen LogP contribution in [-0.4, -0.2) is 24.5 Å². The van der Waals surface area contributed by atoms with Crippen molar-refractivity contribution >= 4 is 5.91 Å². The molecule has 1 amide bonds. The molecule has 4 unspecified atom stereocenters. The van der Waals surface area contributed by atoms with Gasteiger partial charge in [0, 0.05) is 12.1 Å². The van der Waals surface area contributed by atoms with Gasteiger partial charge in [-0.1, -0.05) is 27.2 Å². The summed E-state index contributed by atoms with van der Waals surface area (Å²) in [5, 5.41) is 6.45. The molecule has 0 aliphatic heterocycles. The zero-order valence-electron chi connectivity index (χ0n) is 12.5. The lowest BCUT2D eigenvalue weighted by molar-refractivity contribution is -0.121. The largest absolute Gasteiger partial charge is 0.353 e. The van der Waals surface area contributed by atoms with Gasteiger partial charge in [0.2, 0.25) is 5.91 Å². The quantitative estimate of drug-likeness (QED) is 0.765. The van der Waals surface area contributed by atoms with E-state index >= 15 is 0 Å². The highest BCUT2D eigenvalue weighted by atomic mass is 16.1. The fourth-order valence-electron chi connectivity index (χ4n) is 2.80. The molecule has 1 aliphatic rings. The van der Waals surface area contributed by atoms with Gasteiger partial charge in [0.15, 0.2) is 0 Å². The Labute approximate surface area is 112 Å². The highest BCUT2D eigenvalue weighted by molar-refractivity contribution is 5.78. The summed E-state index contributed by atoms with van der Waals surface area (Å²) in [5.41, 5.74) is 0. The van der Waals surface area contributed by atoms with Gasteiger partial charge in [-0.15, -0.1) is 0 Å². The molecule has 0 aromatic heterocycles. The van der Waals surface area contributed by atoms with Gasteiger partial charge in [-0.3, -0.25) is 4.79 Å². The first-order chi connectivity index (χ1) is 8.52. The molecule has 0 spiro atoms. The smallest absolute Gasteiger partial charge is 0.234 e. The topological polar surface area (TPSA) is 41.1 Å². The second-order valence-corrected chi connectivity index (χ2v) is 6.10. The molecular weight excluding hydrogens is 224 g/mol. The first-order valence-electron chi connectivity index (χ1n) is 7.55. The van der Waals surface area contributed by atoms with Gasteiger partial charge in [-0.25, -0.2) is 0 Å². The van der Waals surface area contributed by atoms with E-state index in [9.17, 15) is 4.79 Å². The minimum absolute atomic E-state index is 0.141. The highest BCUT2D eigenvalue weighted by Gasteiger charge is 2.24. The van der Waals surface area contributed by atoms with Crippen LogP contribution in [0.1, 0.15) is 59.8 Å². The van der Waals surface area contributed by atoms with Crippen LogP contribution in [-0.2, 0) is 4.79 Å². The molecule has 0 aromatic carbocycles. The van der Waals surface area contributed by atoms with Crippen LogP contribution in [0.4, 0.5) is 0 Å². The average molecular weight is 254 g/mol. The normalized spacial score (nSPS) is 29.9. The summed E-state index contributed by atoms with van der Waals surface area (Å²) < 4.78 is 0. The van der Waals surface area contributed by atoms with Crippen LogP contribution in [0.2, 0.25) is 0 Å². The van der Waals surface area contributed by atoms with Crippen molar-refractivity contribution in [2.24, 2.45) is 11.8 Å². The van der Waals surface area contributed by atoms with Crippen molar-refractivity contribution in [3.8, 4) is 0 Å². The summed E-state index contributed by atoms with van der Waals surface area (Å²) >= 11 is 0. The monoisotopic (exact) mass is 254 g/mol. The molecule has 1 saturated carbocycles. The summed E-state index contributed by atoms with van der Waals surface area (Å²) in [6, 6.07) is 0.832. The molecule has 4 atom stereocenters. The lowest BCUT2D eigenvalue weighted by atomic mass is 9.79. The SMILES string of the molecule is CCCC(C)NC(=O)CNC1CCC(C)C(C)C1. The second kappa shape index (κ2) is 7.78. The number of rotatable bonds is 6. The Morgan fingerprint density at radius 2 is 2.00 bits per heavy atom. The van der Waals surface area contributed by atoms with E-state index in [0.29, 0.717) is 18.6 Å². The van der Waals surface area contributed by atoms with Crippen molar-refractivity contribution < 1.29 is 4.79 Å². The minimum atomic E-state index is 0.141. The summed E-state index contributed by atoms with van der Waals surface area (Å²) in [7, 11) is 0. The molecular formula is C15H30N2O. The van der Waals surface area contributed by atoms with Crippen LogP contribution in [0.5, 0.6) is 0 Å². The van der Waals surface area contributed by atoms with Gasteiger partial charge in [-0.2, -0.15) is 0 Å².